The molecule has 144 valence electrons. The molecule has 9 heteroatoms. The second-order valence-electron chi connectivity index (χ2n) is 6.25. The molecule has 6 nitrogen and oxygen atoms in total. The van der Waals surface area contributed by atoms with Crippen LogP contribution in [0.25, 0.3) is 0 Å². The van der Waals surface area contributed by atoms with Crippen LogP contribution < -0.4 is 10.7 Å². The molecule has 2 aromatic carbocycles. The molecule has 1 aromatic heterocycles. The Hall–Kier alpha value is -2.58. The summed E-state index contributed by atoms with van der Waals surface area (Å²) < 4.78 is 15.8. The van der Waals surface area contributed by atoms with Gasteiger partial charge in [0.1, 0.15) is 11.1 Å². The van der Waals surface area contributed by atoms with Crippen molar-refractivity contribution in [2.24, 2.45) is 0 Å². The maximum atomic E-state index is 14.0. The number of carbonyl (C=O) groups excluding carboxylic acids is 1. The van der Waals surface area contributed by atoms with E-state index in [1.165, 1.54) is 23.9 Å². The quantitative estimate of drug-likeness (QED) is 0.670. The van der Waals surface area contributed by atoms with Crippen molar-refractivity contribution in [3.8, 4) is 0 Å². The van der Waals surface area contributed by atoms with Crippen molar-refractivity contribution in [2.45, 2.75) is 29.8 Å². The lowest BCUT2D eigenvalue weighted by Crippen LogP contribution is -2.41. The number of aromatic nitrogens is 3. The molecule has 4 rings (SSSR count). The molecule has 1 aliphatic rings. The molecule has 2 atom stereocenters. The van der Waals surface area contributed by atoms with Crippen molar-refractivity contribution in [3.05, 3.63) is 70.8 Å². The number of nitrogens with zero attached hydrogens (tertiary/aromatic N) is 3. The average Bonchev–Trinajstić information content (AvgIpc) is 3.11. The van der Waals surface area contributed by atoms with Crippen LogP contribution in [0.4, 0.5) is 10.1 Å². The number of para-hydroxylation sites is 1. The Morgan fingerprint density at radius 1 is 1.25 bits per heavy atom. The maximum Gasteiger partial charge on any atom is 0.240 e. The number of halogens is 2. The number of hydrogen-bond donors (Lipinski definition) is 2. The van der Waals surface area contributed by atoms with Gasteiger partial charge in [-0.2, -0.15) is 0 Å². The van der Waals surface area contributed by atoms with E-state index < -0.39 is 11.1 Å². The first-order valence-electron chi connectivity index (χ1n) is 8.75. The molecule has 0 aliphatic carbocycles. The van der Waals surface area contributed by atoms with Crippen LogP contribution in [0.5, 0.6) is 0 Å². The summed E-state index contributed by atoms with van der Waals surface area (Å²) in [4.78, 5) is 13.0. The zero-order valence-electron chi connectivity index (χ0n) is 14.9. The van der Waals surface area contributed by atoms with Crippen LogP contribution in [-0.2, 0) is 11.2 Å². The van der Waals surface area contributed by atoms with Crippen LogP contribution in [0.15, 0.2) is 53.7 Å². The van der Waals surface area contributed by atoms with Gasteiger partial charge in [-0.3, -0.25) is 4.79 Å². The first-order valence-corrected chi connectivity index (χ1v) is 10.0. The van der Waals surface area contributed by atoms with Gasteiger partial charge in [-0.15, -0.1) is 10.2 Å². The van der Waals surface area contributed by atoms with E-state index in [-0.39, 0.29) is 17.6 Å². The highest BCUT2D eigenvalue weighted by Gasteiger charge is 2.37. The number of hydrogen-bond acceptors (Lipinski definition) is 5. The SMILES string of the molecule is CCc1nnc2n1NC(c1ccc(Cl)cc1)C(C(=O)Nc1ccccc1F)S2. The number of amides is 1. The third-order valence-corrected chi connectivity index (χ3v) is 5.91. The Balaban J connectivity index is 1.68. The van der Waals surface area contributed by atoms with Crippen molar-refractivity contribution in [3.63, 3.8) is 0 Å². The highest BCUT2D eigenvalue weighted by Crippen LogP contribution is 2.38. The first-order chi connectivity index (χ1) is 13.6. The number of aryl methyl sites for hydroxylation is 1. The number of benzene rings is 2. The zero-order chi connectivity index (χ0) is 19.7. The van der Waals surface area contributed by atoms with E-state index >= 15 is 0 Å². The predicted octanol–water partition coefficient (Wildman–Crippen LogP) is 4.03. The second kappa shape index (κ2) is 7.81. The van der Waals surface area contributed by atoms with Crippen LogP contribution >= 0.6 is 23.4 Å². The first kappa shape index (κ1) is 18.8. The summed E-state index contributed by atoms with van der Waals surface area (Å²) in [5, 5.41) is 11.6. The lowest BCUT2D eigenvalue weighted by atomic mass is 10.0. The van der Waals surface area contributed by atoms with Gasteiger partial charge in [-0.25, -0.2) is 9.07 Å². The fourth-order valence-electron chi connectivity index (χ4n) is 3.01. The molecule has 0 saturated carbocycles. The van der Waals surface area contributed by atoms with E-state index in [1.54, 1.807) is 28.9 Å². The molecule has 1 aliphatic heterocycles. The van der Waals surface area contributed by atoms with Crippen LogP contribution in [0.2, 0.25) is 5.02 Å². The van der Waals surface area contributed by atoms with E-state index in [1.807, 2.05) is 19.1 Å². The van der Waals surface area contributed by atoms with Crippen molar-refractivity contribution in [1.29, 1.82) is 0 Å². The van der Waals surface area contributed by atoms with Gasteiger partial charge in [0.25, 0.3) is 0 Å². The van der Waals surface area contributed by atoms with Crippen LogP contribution in [0, 0.1) is 5.82 Å². The number of fused-ring (bicyclic) bond motifs is 1. The molecule has 2 unspecified atom stereocenters. The summed E-state index contributed by atoms with van der Waals surface area (Å²) in [6.07, 6.45) is 0.694. The van der Waals surface area contributed by atoms with Crippen molar-refractivity contribution >= 4 is 35.0 Å². The molecule has 0 spiro atoms. The Kier molecular flexibility index (Phi) is 5.23. The predicted molar refractivity (Wildman–Crippen MR) is 108 cm³/mol. The van der Waals surface area contributed by atoms with Gasteiger partial charge >= 0.3 is 0 Å². The number of thioether (sulfide) groups is 1. The summed E-state index contributed by atoms with van der Waals surface area (Å²) in [5.41, 5.74) is 4.36. The van der Waals surface area contributed by atoms with Crippen LogP contribution in [0.3, 0.4) is 0 Å². The summed E-state index contributed by atoms with van der Waals surface area (Å²) >= 11 is 7.31. The average molecular weight is 418 g/mol. The third-order valence-electron chi connectivity index (χ3n) is 4.44. The lowest BCUT2D eigenvalue weighted by Gasteiger charge is -2.33. The zero-order valence-corrected chi connectivity index (χ0v) is 16.5. The van der Waals surface area contributed by atoms with E-state index in [4.69, 9.17) is 11.6 Å². The molecule has 0 saturated heterocycles. The standard InChI is InChI=1S/C19H17ClFN5OS/c1-2-15-23-24-19-26(15)25-16(11-7-9-12(20)10-8-11)17(28-19)18(27)22-14-6-4-3-5-13(14)21/h3-10,16-17,25H,2H2,1H3,(H,22,27). The van der Waals surface area contributed by atoms with E-state index in [9.17, 15) is 9.18 Å². The number of carbonyl (C=O) groups is 1. The van der Waals surface area contributed by atoms with Gasteiger partial charge in [0.15, 0.2) is 5.82 Å². The van der Waals surface area contributed by atoms with Crippen LogP contribution in [0.1, 0.15) is 24.4 Å². The minimum atomic E-state index is -0.581. The summed E-state index contributed by atoms with van der Waals surface area (Å²) in [7, 11) is 0. The highest BCUT2D eigenvalue weighted by molar-refractivity contribution is 8.00. The molecular formula is C19H17ClFN5OS. The lowest BCUT2D eigenvalue weighted by molar-refractivity contribution is -0.116. The smallest absolute Gasteiger partial charge is 0.240 e. The Morgan fingerprint density at radius 3 is 2.71 bits per heavy atom. The Bertz CT molecular complexity index is 1010. The molecular weight excluding hydrogens is 401 g/mol. The fraction of sp³-hybridized carbons (Fsp3) is 0.211. The monoisotopic (exact) mass is 417 g/mol. The third kappa shape index (κ3) is 3.57. The van der Waals surface area contributed by atoms with Crippen LogP contribution in [-0.4, -0.2) is 26.0 Å². The largest absolute Gasteiger partial charge is 0.323 e. The van der Waals surface area contributed by atoms with E-state index in [0.29, 0.717) is 16.6 Å². The molecule has 2 N–H and O–H groups in total. The van der Waals surface area contributed by atoms with Crippen molar-refractivity contribution < 1.29 is 9.18 Å². The normalized spacial score (nSPS) is 18.2. The fourth-order valence-corrected chi connectivity index (χ4v) is 4.24. The summed E-state index contributed by atoms with van der Waals surface area (Å²) in [6, 6.07) is 13.0. The topological polar surface area (TPSA) is 71.8 Å². The van der Waals surface area contributed by atoms with Gasteiger partial charge in [-0.05, 0) is 29.8 Å². The van der Waals surface area contributed by atoms with E-state index in [0.717, 1.165) is 11.4 Å². The maximum absolute atomic E-state index is 14.0. The number of anilines is 1. The van der Waals surface area contributed by atoms with E-state index in [2.05, 4.69) is 20.9 Å². The summed E-state index contributed by atoms with van der Waals surface area (Å²) in [6.45, 7) is 1.98. The van der Waals surface area contributed by atoms with Gasteiger partial charge in [-0.1, -0.05) is 54.6 Å². The highest BCUT2D eigenvalue weighted by atomic mass is 35.5. The number of rotatable bonds is 4. The molecule has 0 fully saturated rings. The van der Waals surface area contributed by atoms with Gasteiger partial charge in [0, 0.05) is 11.4 Å². The number of nitrogens with one attached hydrogen (secondary N) is 2. The minimum Gasteiger partial charge on any atom is -0.323 e. The molecule has 0 radical (unpaired) electrons. The van der Waals surface area contributed by atoms with Gasteiger partial charge < -0.3 is 10.7 Å². The molecule has 3 aromatic rings. The van der Waals surface area contributed by atoms with Crippen molar-refractivity contribution in [1.82, 2.24) is 14.9 Å². The summed E-state index contributed by atoms with van der Waals surface area (Å²) in [5.74, 6) is -0.0339. The molecule has 28 heavy (non-hydrogen) atoms. The molecule has 0 bridgehead atoms. The molecule has 1 amide bonds. The van der Waals surface area contributed by atoms with Gasteiger partial charge in [0.05, 0.1) is 11.7 Å². The second-order valence-corrected chi connectivity index (χ2v) is 7.80. The minimum absolute atomic E-state index is 0.143. The van der Waals surface area contributed by atoms with Gasteiger partial charge in [0.2, 0.25) is 11.1 Å². The Morgan fingerprint density at radius 2 is 2.00 bits per heavy atom. The Labute approximate surface area is 170 Å². The van der Waals surface area contributed by atoms with Crippen molar-refractivity contribution in [2.75, 3.05) is 10.7 Å². The molecule has 2 heterocycles.